The van der Waals surface area contributed by atoms with E-state index in [1.807, 2.05) is 6.92 Å². The van der Waals surface area contributed by atoms with Crippen molar-refractivity contribution in [3.8, 4) is 0 Å². The molecule has 1 aromatic heterocycles. The van der Waals surface area contributed by atoms with Crippen molar-refractivity contribution in [3.63, 3.8) is 0 Å². The maximum atomic E-state index is 12.5. The Morgan fingerprint density at radius 2 is 2.10 bits per heavy atom. The van der Waals surface area contributed by atoms with E-state index in [1.165, 1.54) is 11.9 Å². The molecule has 1 heterocycles. The standard InChI is InChI=1S/C11H15ClF2N2O3S/c1-3-4-15(2)11(17)9-5-8(20(12,18)19)6-16(9)7-10(13)14/h5-6,10H,3-4,7H2,1-2H3. The van der Waals surface area contributed by atoms with Gasteiger partial charge in [-0.1, -0.05) is 6.92 Å². The topological polar surface area (TPSA) is 59.4 Å². The molecule has 0 aliphatic carbocycles. The average molecular weight is 329 g/mol. The van der Waals surface area contributed by atoms with Crippen molar-refractivity contribution in [2.24, 2.45) is 0 Å². The summed E-state index contributed by atoms with van der Waals surface area (Å²) in [6, 6.07) is 1.01. The van der Waals surface area contributed by atoms with Gasteiger partial charge in [-0.3, -0.25) is 4.79 Å². The fraction of sp³-hybridized carbons (Fsp3) is 0.545. The first-order chi connectivity index (χ1) is 9.16. The number of hydrogen-bond donors (Lipinski definition) is 0. The van der Waals surface area contributed by atoms with Crippen LogP contribution in [0, 0.1) is 0 Å². The maximum absolute atomic E-state index is 12.5. The summed E-state index contributed by atoms with van der Waals surface area (Å²) in [5, 5.41) is 0. The molecule has 0 aliphatic rings. The third kappa shape index (κ3) is 4.17. The molecule has 0 saturated carbocycles. The summed E-state index contributed by atoms with van der Waals surface area (Å²) < 4.78 is 48.4. The molecule has 20 heavy (non-hydrogen) atoms. The Hall–Kier alpha value is -1.15. The molecule has 1 aromatic rings. The van der Waals surface area contributed by atoms with E-state index in [0.717, 1.165) is 16.8 Å². The van der Waals surface area contributed by atoms with Gasteiger partial charge in [0.2, 0.25) is 0 Å². The fourth-order valence-corrected chi connectivity index (χ4v) is 2.49. The van der Waals surface area contributed by atoms with Gasteiger partial charge in [0.1, 0.15) is 10.6 Å². The van der Waals surface area contributed by atoms with Crippen molar-refractivity contribution >= 4 is 25.6 Å². The average Bonchev–Trinajstić information content (AvgIpc) is 2.71. The lowest BCUT2D eigenvalue weighted by Gasteiger charge is -2.17. The van der Waals surface area contributed by atoms with Gasteiger partial charge < -0.3 is 9.47 Å². The third-order valence-electron chi connectivity index (χ3n) is 2.61. The summed E-state index contributed by atoms with van der Waals surface area (Å²) in [6.07, 6.45) is -1.07. The molecule has 9 heteroatoms. The largest absolute Gasteiger partial charge is 0.340 e. The molecule has 0 atom stereocenters. The number of alkyl halides is 2. The van der Waals surface area contributed by atoms with Crippen LogP contribution in [-0.2, 0) is 15.6 Å². The second-order valence-electron chi connectivity index (χ2n) is 4.27. The molecule has 0 bridgehead atoms. The number of rotatable bonds is 6. The summed E-state index contributed by atoms with van der Waals surface area (Å²) in [6.45, 7) is 1.52. The predicted octanol–water partition coefficient (Wildman–Crippen LogP) is 2.16. The Bertz CT molecular complexity index is 586. The lowest BCUT2D eigenvalue weighted by molar-refractivity contribution is 0.0774. The van der Waals surface area contributed by atoms with Crippen molar-refractivity contribution in [1.29, 1.82) is 0 Å². The first kappa shape index (κ1) is 16.9. The van der Waals surface area contributed by atoms with Crippen molar-refractivity contribution in [1.82, 2.24) is 9.47 Å². The van der Waals surface area contributed by atoms with Crippen molar-refractivity contribution in [3.05, 3.63) is 18.0 Å². The van der Waals surface area contributed by atoms with Crippen LogP contribution in [-0.4, -0.2) is 43.8 Å². The molecule has 0 unspecified atom stereocenters. The van der Waals surface area contributed by atoms with Gasteiger partial charge in [0, 0.05) is 30.5 Å². The highest BCUT2D eigenvalue weighted by Crippen LogP contribution is 2.20. The van der Waals surface area contributed by atoms with E-state index in [1.54, 1.807) is 0 Å². The number of hydrogen-bond acceptors (Lipinski definition) is 3. The molecule has 5 nitrogen and oxygen atoms in total. The Kier molecular flexibility index (Phi) is 5.52. The first-order valence-corrected chi connectivity index (χ1v) is 8.16. The minimum absolute atomic E-state index is 0.125. The van der Waals surface area contributed by atoms with Gasteiger partial charge in [-0.05, 0) is 12.5 Å². The highest BCUT2D eigenvalue weighted by atomic mass is 35.7. The lowest BCUT2D eigenvalue weighted by Crippen LogP contribution is -2.29. The predicted molar refractivity (Wildman–Crippen MR) is 70.7 cm³/mol. The van der Waals surface area contributed by atoms with Gasteiger partial charge in [-0.2, -0.15) is 0 Å². The Morgan fingerprint density at radius 3 is 2.55 bits per heavy atom. The second-order valence-corrected chi connectivity index (χ2v) is 6.83. The third-order valence-corrected chi connectivity index (χ3v) is 3.93. The molecule has 0 fully saturated rings. The minimum atomic E-state index is -4.08. The van der Waals surface area contributed by atoms with Gasteiger partial charge >= 0.3 is 0 Å². The van der Waals surface area contributed by atoms with Gasteiger partial charge in [0.05, 0.1) is 6.54 Å². The Morgan fingerprint density at radius 1 is 1.50 bits per heavy atom. The van der Waals surface area contributed by atoms with Crippen LogP contribution in [0.2, 0.25) is 0 Å². The van der Waals surface area contributed by atoms with Crippen LogP contribution >= 0.6 is 10.7 Å². The molecule has 1 rings (SSSR count). The van der Waals surface area contributed by atoms with Crippen LogP contribution in [0.5, 0.6) is 0 Å². The molecule has 1 amide bonds. The second kappa shape index (κ2) is 6.53. The molecule has 0 N–H and O–H groups in total. The number of nitrogens with zero attached hydrogens (tertiary/aromatic N) is 2. The van der Waals surface area contributed by atoms with Crippen LogP contribution in [0.1, 0.15) is 23.8 Å². The zero-order valence-corrected chi connectivity index (χ0v) is 12.6. The molecular weight excluding hydrogens is 314 g/mol. The minimum Gasteiger partial charge on any atom is -0.340 e. The van der Waals surface area contributed by atoms with Crippen LogP contribution in [0.3, 0.4) is 0 Å². The summed E-state index contributed by atoms with van der Waals surface area (Å²) in [7, 11) is 2.61. The van der Waals surface area contributed by atoms with E-state index in [2.05, 4.69) is 0 Å². The summed E-state index contributed by atoms with van der Waals surface area (Å²) >= 11 is 0. The molecule has 114 valence electrons. The normalized spacial score (nSPS) is 11.9. The van der Waals surface area contributed by atoms with E-state index >= 15 is 0 Å². The SMILES string of the molecule is CCCN(C)C(=O)c1cc(S(=O)(=O)Cl)cn1CC(F)F. The van der Waals surface area contributed by atoms with Gasteiger partial charge in [-0.15, -0.1) is 0 Å². The molecule has 0 aliphatic heterocycles. The molecule has 0 aromatic carbocycles. The van der Waals surface area contributed by atoms with Crippen molar-refractivity contribution < 1.29 is 22.0 Å². The van der Waals surface area contributed by atoms with E-state index < -0.39 is 27.9 Å². The first-order valence-electron chi connectivity index (χ1n) is 5.85. The molecule has 0 radical (unpaired) electrons. The van der Waals surface area contributed by atoms with Crippen LogP contribution < -0.4 is 0 Å². The zero-order valence-electron chi connectivity index (χ0n) is 11.0. The van der Waals surface area contributed by atoms with E-state index in [4.69, 9.17) is 10.7 Å². The van der Waals surface area contributed by atoms with E-state index in [-0.39, 0.29) is 10.6 Å². The lowest BCUT2D eigenvalue weighted by atomic mass is 10.3. The van der Waals surface area contributed by atoms with Gasteiger partial charge in [0.15, 0.2) is 0 Å². The Balaban J connectivity index is 3.22. The number of carbonyl (C=O) groups excluding carboxylic acids is 1. The Labute approximate surface area is 120 Å². The summed E-state index contributed by atoms with van der Waals surface area (Å²) in [5.74, 6) is -0.529. The summed E-state index contributed by atoms with van der Waals surface area (Å²) in [5.41, 5.74) is -0.125. The highest BCUT2D eigenvalue weighted by molar-refractivity contribution is 8.13. The smallest absolute Gasteiger partial charge is 0.270 e. The number of aromatic nitrogens is 1. The number of halogens is 3. The zero-order chi connectivity index (χ0) is 15.5. The van der Waals surface area contributed by atoms with Crippen LogP contribution in [0.25, 0.3) is 0 Å². The number of amides is 1. The van der Waals surface area contributed by atoms with E-state index in [9.17, 15) is 22.0 Å². The van der Waals surface area contributed by atoms with Gasteiger partial charge in [0.25, 0.3) is 21.4 Å². The molecule has 0 spiro atoms. The van der Waals surface area contributed by atoms with Crippen molar-refractivity contribution in [2.75, 3.05) is 13.6 Å². The quantitative estimate of drug-likeness (QED) is 0.752. The van der Waals surface area contributed by atoms with Crippen molar-refractivity contribution in [2.45, 2.75) is 31.2 Å². The maximum Gasteiger partial charge on any atom is 0.270 e. The van der Waals surface area contributed by atoms with E-state index in [0.29, 0.717) is 13.0 Å². The van der Waals surface area contributed by atoms with Crippen LogP contribution in [0.15, 0.2) is 17.2 Å². The number of carbonyl (C=O) groups is 1. The molecular formula is C11H15ClF2N2O3S. The molecule has 0 saturated heterocycles. The summed E-state index contributed by atoms with van der Waals surface area (Å²) in [4.78, 5) is 13.1. The van der Waals surface area contributed by atoms with Gasteiger partial charge in [-0.25, -0.2) is 17.2 Å². The monoisotopic (exact) mass is 328 g/mol. The highest BCUT2D eigenvalue weighted by Gasteiger charge is 2.23. The fourth-order valence-electron chi connectivity index (χ4n) is 1.73. The van der Waals surface area contributed by atoms with Crippen LogP contribution in [0.4, 0.5) is 8.78 Å².